The van der Waals surface area contributed by atoms with Gasteiger partial charge in [-0.2, -0.15) is 0 Å². The van der Waals surface area contributed by atoms with Crippen LogP contribution in [0.15, 0.2) is 47.1 Å². The van der Waals surface area contributed by atoms with Crippen molar-refractivity contribution in [1.29, 1.82) is 0 Å². The molecular weight excluding hydrogens is 330 g/mol. The zero-order valence-electron chi connectivity index (χ0n) is 15.6. The summed E-state index contributed by atoms with van der Waals surface area (Å²) in [6, 6.07) is 11.6. The van der Waals surface area contributed by atoms with E-state index >= 15 is 0 Å². The first-order valence-electron chi connectivity index (χ1n) is 9.08. The largest absolute Gasteiger partial charge is 0.485 e. The van der Waals surface area contributed by atoms with E-state index in [0.717, 1.165) is 30.3 Å². The van der Waals surface area contributed by atoms with E-state index in [0.29, 0.717) is 13.1 Å². The molecular formula is C20H27N3O3. The minimum atomic E-state index is -0.140. The average molecular weight is 357 g/mol. The number of carbonyl (C=O) groups excluding carboxylic acids is 1. The van der Waals surface area contributed by atoms with Crippen LogP contribution in [-0.2, 0) is 4.79 Å². The third kappa shape index (κ3) is 4.38. The third-order valence-electron chi connectivity index (χ3n) is 4.58. The van der Waals surface area contributed by atoms with Crippen molar-refractivity contribution >= 4 is 11.6 Å². The Balaban J connectivity index is 1.52. The molecule has 3 rings (SSSR count). The number of carbonyl (C=O) groups is 1. The molecule has 26 heavy (non-hydrogen) atoms. The Bertz CT molecular complexity index is 717. The van der Waals surface area contributed by atoms with E-state index in [1.54, 1.807) is 6.26 Å². The summed E-state index contributed by atoms with van der Waals surface area (Å²) in [6.07, 6.45) is 1.65. The maximum absolute atomic E-state index is 12.3. The van der Waals surface area contributed by atoms with Gasteiger partial charge in [-0.25, -0.2) is 0 Å². The van der Waals surface area contributed by atoms with Gasteiger partial charge in [0, 0.05) is 13.1 Å². The molecule has 0 saturated carbocycles. The topological polar surface area (TPSA) is 58.0 Å². The second-order valence-corrected chi connectivity index (χ2v) is 6.75. The van der Waals surface area contributed by atoms with Crippen LogP contribution in [-0.4, -0.2) is 50.1 Å². The molecule has 6 nitrogen and oxygen atoms in total. The van der Waals surface area contributed by atoms with Crippen molar-refractivity contribution in [1.82, 2.24) is 10.2 Å². The summed E-state index contributed by atoms with van der Waals surface area (Å²) in [5.74, 6) is 1.64. The van der Waals surface area contributed by atoms with Crippen LogP contribution in [0.1, 0.15) is 25.6 Å². The highest BCUT2D eigenvalue weighted by Gasteiger charge is 2.26. The fourth-order valence-electron chi connectivity index (χ4n) is 3.33. The monoisotopic (exact) mass is 357 g/mol. The van der Waals surface area contributed by atoms with Gasteiger partial charge >= 0.3 is 0 Å². The molecule has 140 valence electrons. The molecule has 2 aromatic rings. The molecule has 0 radical (unpaired) electrons. The minimum Gasteiger partial charge on any atom is -0.485 e. The number of para-hydroxylation sites is 2. The predicted molar refractivity (Wildman–Crippen MR) is 102 cm³/mol. The van der Waals surface area contributed by atoms with E-state index in [4.69, 9.17) is 9.15 Å². The Morgan fingerprint density at radius 2 is 2.15 bits per heavy atom. The number of rotatable bonds is 7. The highest BCUT2D eigenvalue weighted by Crippen LogP contribution is 2.32. The summed E-state index contributed by atoms with van der Waals surface area (Å²) < 4.78 is 11.5. The minimum absolute atomic E-state index is 0.0278. The molecule has 0 bridgehead atoms. The summed E-state index contributed by atoms with van der Waals surface area (Å²) in [6.45, 7) is 6.82. The molecule has 1 aromatic carbocycles. The summed E-state index contributed by atoms with van der Waals surface area (Å²) >= 11 is 0. The normalized spacial score (nSPS) is 17.5. The van der Waals surface area contributed by atoms with Crippen molar-refractivity contribution in [3.63, 3.8) is 0 Å². The lowest BCUT2D eigenvalue weighted by atomic mass is 10.2. The molecule has 1 aliphatic rings. The summed E-state index contributed by atoms with van der Waals surface area (Å²) in [4.78, 5) is 16.6. The van der Waals surface area contributed by atoms with Crippen molar-refractivity contribution in [2.75, 3.05) is 38.1 Å². The molecule has 1 N–H and O–H groups in total. The van der Waals surface area contributed by atoms with Gasteiger partial charge in [-0.3, -0.25) is 9.69 Å². The number of anilines is 1. The van der Waals surface area contributed by atoms with Crippen LogP contribution in [0.2, 0.25) is 0 Å². The van der Waals surface area contributed by atoms with Gasteiger partial charge in [0.25, 0.3) is 0 Å². The van der Waals surface area contributed by atoms with Crippen molar-refractivity contribution in [3.05, 3.63) is 48.4 Å². The Morgan fingerprint density at radius 3 is 2.88 bits per heavy atom. The molecule has 0 aliphatic carbocycles. The van der Waals surface area contributed by atoms with Gasteiger partial charge in [0.2, 0.25) is 5.91 Å². The van der Waals surface area contributed by atoms with Crippen molar-refractivity contribution in [2.24, 2.45) is 0 Å². The molecule has 2 atom stereocenters. The van der Waals surface area contributed by atoms with Gasteiger partial charge in [0.15, 0.2) is 0 Å². The maximum atomic E-state index is 12.3. The first kappa shape index (κ1) is 18.3. The van der Waals surface area contributed by atoms with Gasteiger partial charge in [0.1, 0.15) is 17.6 Å². The number of fused-ring (bicyclic) bond motifs is 1. The van der Waals surface area contributed by atoms with Crippen LogP contribution in [0.5, 0.6) is 5.75 Å². The molecule has 1 aromatic heterocycles. The van der Waals surface area contributed by atoms with Crippen LogP contribution in [0, 0.1) is 0 Å². The Hall–Kier alpha value is -2.47. The standard InChI is InChI=1S/C20H27N3O3/c1-4-23-13-16(26-19-9-6-5-8-17(19)23)12-22(3)14-20(24)21-15(2)18-10-7-11-25-18/h5-11,15-16H,4,12-14H2,1-3H3,(H,21,24). The average Bonchev–Trinajstić information content (AvgIpc) is 3.15. The number of likely N-dealkylation sites (N-methyl/N-ethyl adjacent to an activating group) is 2. The summed E-state index contributed by atoms with van der Waals surface area (Å²) in [5.41, 5.74) is 1.14. The molecule has 0 saturated heterocycles. The number of benzene rings is 1. The fourth-order valence-corrected chi connectivity index (χ4v) is 3.33. The number of amides is 1. The van der Waals surface area contributed by atoms with E-state index in [-0.39, 0.29) is 18.1 Å². The zero-order valence-corrected chi connectivity index (χ0v) is 15.6. The number of ether oxygens (including phenoxy) is 1. The molecule has 0 spiro atoms. The van der Waals surface area contributed by atoms with E-state index < -0.39 is 0 Å². The van der Waals surface area contributed by atoms with Crippen molar-refractivity contribution < 1.29 is 13.9 Å². The lowest BCUT2D eigenvalue weighted by molar-refractivity contribution is -0.122. The number of furan rings is 1. The van der Waals surface area contributed by atoms with Crippen LogP contribution in [0.25, 0.3) is 0 Å². The molecule has 1 aliphatic heterocycles. The number of nitrogens with one attached hydrogen (secondary N) is 1. The van der Waals surface area contributed by atoms with Gasteiger partial charge in [-0.1, -0.05) is 12.1 Å². The molecule has 6 heteroatoms. The van der Waals surface area contributed by atoms with E-state index in [9.17, 15) is 4.79 Å². The zero-order chi connectivity index (χ0) is 18.5. The smallest absolute Gasteiger partial charge is 0.234 e. The van der Waals surface area contributed by atoms with Crippen LogP contribution in [0.4, 0.5) is 5.69 Å². The molecule has 0 fully saturated rings. The summed E-state index contributed by atoms with van der Waals surface area (Å²) in [5, 5.41) is 2.96. The van der Waals surface area contributed by atoms with Gasteiger partial charge in [-0.15, -0.1) is 0 Å². The fraction of sp³-hybridized carbons (Fsp3) is 0.450. The number of nitrogens with zero attached hydrogens (tertiary/aromatic N) is 2. The highest BCUT2D eigenvalue weighted by molar-refractivity contribution is 5.78. The van der Waals surface area contributed by atoms with Crippen molar-refractivity contribution in [2.45, 2.75) is 26.0 Å². The Kier molecular flexibility index (Phi) is 5.83. The second-order valence-electron chi connectivity index (χ2n) is 6.75. The molecule has 2 heterocycles. The lowest BCUT2D eigenvalue weighted by Crippen LogP contribution is -2.47. The number of hydrogen-bond acceptors (Lipinski definition) is 5. The maximum Gasteiger partial charge on any atom is 0.234 e. The van der Waals surface area contributed by atoms with E-state index in [1.165, 1.54) is 0 Å². The van der Waals surface area contributed by atoms with Gasteiger partial charge in [-0.05, 0) is 45.2 Å². The quantitative estimate of drug-likeness (QED) is 0.826. The predicted octanol–water partition coefficient (Wildman–Crippen LogP) is 2.68. The van der Waals surface area contributed by atoms with E-state index in [1.807, 2.05) is 49.2 Å². The molecule has 2 unspecified atom stereocenters. The Morgan fingerprint density at radius 1 is 1.35 bits per heavy atom. The molecule has 1 amide bonds. The van der Waals surface area contributed by atoms with Crippen LogP contribution in [0.3, 0.4) is 0 Å². The highest BCUT2D eigenvalue weighted by atomic mass is 16.5. The van der Waals surface area contributed by atoms with Crippen molar-refractivity contribution in [3.8, 4) is 5.75 Å². The van der Waals surface area contributed by atoms with Crippen LogP contribution < -0.4 is 15.0 Å². The number of hydrogen-bond donors (Lipinski definition) is 1. The van der Waals surface area contributed by atoms with Gasteiger partial charge in [0.05, 0.1) is 31.1 Å². The summed E-state index contributed by atoms with van der Waals surface area (Å²) in [7, 11) is 1.94. The first-order valence-corrected chi connectivity index (χ1v) is 9.08. The van der Waals surface area contributed by atoms with E-state index in [2.05, 4.69) is 23.2 Å². The lowest BCUT2D eigenvalue weighted by Gasteiger charge is -2.37. The SMILES string of the molecule is CCN1CC(CN(C)CC(=O)NC(C)c2ccco2)Oc2ccccc21. The van der Waals surface area contributed by atoms with Gasteiger partial charge < -0.3 is 19.4 Å². The third-order valence-corrected chi connectivity index (χ3v) is 4.58. The first-order chi connectivity index (χ1) is 12.6. The Labute approximate surface area is 154 Å². The second kappa shape index (κ2) is 8.27. The van der Waals surface area contributed by atoms with Crippen LogP contribution >= 0.6 is 0 Å².